The lowest BCUT2D eigenvalue weighted by atomic mass is 9.67. The lowest BCUT2D eigenvalue weighted by molar-refractivity contribution is -0.141. The summed E-state index contributed by atoms with van der Waals surface area (Å²) >= 11 is 5.86. The Labute approximate surface area is 177 Å². The molecule has 0 atom stereocenters. The van der Waals surface area contributed by atoms with Crippen LogP contribution in [-0.2, 0) is 16.4 Å². The Morgan fingerprint density at radius 1 is 1.17 bits per heavy atom. The molecule has 1 spiro atoms. The smallest absolute Gasteiger partial charge is 0.433 e. The molecule has 1 aliphatic carbocycles. The predicted octanol–water partition coefficient (Wildman–Crippen LogP) is 5.77. The van der Waals surface area contributed by atoms with Crippen LogP contribution in [0.25, 0.3) is 0 Å². The standard InChI is InChI=1S/C22H20ClF3N2O2/c1-13(19(29)27-16-4-2-15(23)3-5-16)14-8-10-21(11-9-14)12-30-20-17(21)6-7-18(28-20)22(24,25)26/h2-7,14H,1,8-12H2,(H,27,29). The van der Waals surface area contributed by atoms with Gasteiger partial charge < -0.3 is 10.1 Å². The summed E-state index contributed by atoms with van der Waals surface area (Å²) in [6.07, 6.45) is -1.69. The number of hydrogen-bond acceptors (Lipinski definition) is 3. The van der Waals surface area contributed by atoms with Crippen molar-refractivity contribution in [2.45, 2.75) is 37.3 Å². The zero-order chi connectivity index (χ0) is 21.5. The van der Waals surface area contributed by atoms with Gasteiger partial charge in [0.2, 0.25) is 5.88 Å². The molecule has 1 fully saturated rings. The molecule has 8 heteroatoms. The van der Waals surface area contributed by atoms with Crippen molar-refractivity contribution < 1.29 is 22.7 Å². The summed E-state index contributed by atoms with van der Waals surface area (Å²) < 4.78 is 44.3. The molecular weight excluding hydrogens is 417 g/mol. The molecule has 1 aliphatic heterocycles. The number of ether oxygens (including phenoxy) is 1. The lowest BCUT2D eigenvalue weighted by Gasteiger charge is -2.36. The first-order chi connectivity index (χ1) is 14.2. The number of pyridine rings is 1. The Morgan fingerprint density at radius 2 is 1.83 bits per heavy atom. The van der Waals surface area contributed by atoms with E-state index in [0.717, 1.165) is 11.6 Å². The highest BCUT2D eigenvalue weighted by atomic mass is 35.5. The quantitative estimate of drug-likeness (QED) is 0.621. The molecule has 1 saturated carbocycles. The van der Waals surface area contributed by atoms with Crippen LogP contribution in [-0.4, -0.2) is 17.5 Å². The molecule has 1 amide bonds. The van der Waals surface area contributed by atoms with Gasteiger partial charge in [-0.05, 0) is 61.9 Å². The van der Waals surface area contributed by atoms with Crippen molar-refractivity contribution in [2.24, 2.45) is 5.92 Å². The number of nitrogens with zero attached hydrogens (tertiary/aromatic N) is 1. The summed E-state index contributed by atoms with van der Waals surface area (Å²) in [5, 5.41) is 3.41. The van der Waals surface area contributed by atoms with Crippen molar-refractivity contribution in [3.63, 3.8) is 0 Å². The minimum absolute atomic E-state index is 0.00869. The molecule has 4 rings (SSSR count). The highest BCUT2D eigenvalue weighted by molar-refractivity contribution is 6.30. The second kappa shape index (κ2) is 7.61. The Kier molecular flexibility index (Phi) is 5.26. The molecule has 158 valence electrons. The van der Waals surface area contributed by atoms with Crippen LogP contribution in [0, 0.1) is 5.92 Å². The first-order valence-electron chi connectivity index (χ1n) is 9.65. The number of alkyl halides is 3. The molecule has 0 radical (unpaired) electrons. The third kappa shape index (κ3) is 3.90. The summed E-state index contributed by atoms with van der Waals surface area (Å²) in [5.41, 5.74) is 0.576. The number of rotatable bonds is 3. The largest absolute Gasteiger partial charge is 0.476 e. The Morgan fingerprint density at radius 3 is 2.47 bits per heavy atom. The topological polar surface area (TPSA) is 51.2 Å². The molecule has 2 heterocycles. The number of nitrogens with one attached hydrogen (secondary N) is 1. The first kappa shape index (κ1) is 20.7. The maximum absolute atomic E-state index is 12.9. The van der Waals surface area contributed by atoms with Gasteiger partial charge in [-0.1, -0.05) is 24.2 Å². The number of carbonyl (C=O) groups excluding carboxylic acids is 1. The van der Waals surface area contributed by atoms with Gasteiger partial charge in [0.05, 0.1) is 6.61 Å². The Hall–Kier alpha value is -2.54. The zero-order valence-corrected chi connectivity index (χ0v) is 16.8. The van der Waals surface area contributed by atoms with Crippen LogP contribution in [0.1, 0.15) is 36.9 Å². The minimum Gasteiger partial charge on any atom is -0.476 e. The fourth-order valence-electron chi connectivity index (χ4n) is 4.26. The average Bonchev–Trinajstić information content (AvgIpc) is 3.07. The van der Waals surface area contributed by atoms with Crippen LogP contribution < -0.4 is 10.1 Å². The maximum Gasteiger partial charge on any atom is 0.433 e. The number of amides is 1. The van der Waals surface area contributed by atoms with E-state index in [1.54, 1.807) is 24.3 Å². The highest BCUT2D eigenvalue weighted by Gasteiger charge is 2.46. The monoisotopic (exact) mass is 436 g/mol. The number of anilines is 1. The third-order valence-corrected chi connectivity index (χ3v) is 6.29. The third-order valence-electron chi connectivity index (χ3n) is 6.04. The number of halogens is 4. The predicted molar refractivity (Wildman–Crippen MR) is 108 cm³/mol. The Bertz CT molecular complexity index is 981. The van der Waals surface area contributed by atoms with E-state index >= 15 is 0 Å². The van der Waals surface area contributed by atoms with Crippen LogP contribution in [0.2, 0.25) is 5.02 Å². The van der Waals surface area contributed by atoms with Gasteiger partial charge in [0, 0.05) is 27.3 Å². The number of hydrogen-bond donors (Lipinski definition) is 1. The second-order valence-corrected chi connectivity index (χ2v) is 8.31. The van der Waals surface area contributed by atoms with Crippen LogP contribution in [0.4, 0.5) is 18.9 Å². The molecule has 2 aliphatic rings. The van der Waals surface area contributed by atoms with Crippen molar-refractivity contribution in [3.05, 3.63) is 64.8 Å². The van der Waals surface area contributed by atoms with Gasteiger partial charge in [0.1, 0.15) is 5.69 Å². The molecule has 30 heavy (non-hydrogen) atoms. The molecule has 2 aromatic rings. The van der Waals surface area contributed by atoms with Gasteiger partial charge in [-0.15, -0.1) is 0 Å². The Balaban J connectivity index is 1.41. The number of fused-ring (bicyclic) bond motifs is 2. The summed E-state index contributed by atoms with van der Waals surface area (Å²) in [6.45, 7) is 4.30. The van der Waals surface area contributed by atoms with Gasteiger partial charge in [-0.2, -0.15) is 13.2 Å². The summed E-state index contributed by atoms with van der Waals surface area (Å²) in [4.78, 5) is 16.2. The van der Waals surface area contributed by atoms with Gasteiger partial charge in [-0.25, -0.2) is 4.98 Å². The van der Waals surface area contributed by atoms with Crippen LogP contribution in [0.5, 0.6) is 5.88 Å². The van der Waals surface area contributed by atoms with E-state index in [2.05, 4.69) is 16.9 Å². The van der Waals surface area contributed by atoms with E-state index in [4.69, 9.17) is 16.3 Å². The van der Waals surface area contributed by atoms with E-state index in [9.17, 15) is 18.0 Å². The van der Waals surface area contributed by atoms with Gasteiger partial charge in [0.15, 0.2) is 0 Å². The van der Waals surface area contributed by atoms with E-state index in [-0.39, 0.29) is 23.1 Å². The van der Waals surface area contributed by atoms with Crippen molar-refractivity contribution >= 4 is 23.2 Å². The molecule has 0 unspecified atom stereocenters. The number of carbonyl (C=O) groups is 1. The second-order valence-electron chi connectivity index (χ2n) is 7.88. The number of benzene rings is 1. The SMILES string of the molecule is C=C(C(=O)Nc1ccc(Cl)cc1)C1CCC2(CC1)COc1nc(C(F)(F)F)ccc12. The van der Waals surface area contributed by atoms with Gasteiger partial charge >= 0.3 is 6.18 Å². The molecule has 0 saturated heterocycles. The molecule has 1 N–H and O–H groups in total. The summed E-state index contributed by atoms with van der Waals surface area (Å²) in [5.74, 6) is -0.158. The first-order valence-corrected chi connectivity index (χ1v) is 10.0. The molecular formula is C22H20ClF3N2O2. The van der Waals surface area contributed by atoms with E-state index in [1.165, 1.54) is 6.07 Å². The van der Waals surface area contributed by atoms with Crippen molar-refractivity contribution in [2.75, 3.05) is 11.9 Å². The van der Waals surface area contributed by atoms with Crippen molar-refractivity contribution in [1.29, 1.82) is 0 Å². The highest BCUT2D eigenvalue weighted by Crippen LogP contribution is 2.50. The van der Waals surface area contributed by atoms with E-state index in [1.807, 2.05) is 0 Å². The summed E-state index contributed by atoms with van der Waals surface area (Å²) in [6, 6.07) is 9.33. The molecule has 1 aromatic heterocycles. The fourth-order valence-corrected chi connectivity index (χ4v) is 4.38. The van der Waals surface area contributed by atoms with E-state index < -0.39 is 11.9 Å². The van der Waals surface area contributed by atoms with Crippen molar-refractivity contribution in [3.8, 4) is 5.88 Å². The average molecular weight is 437 g/mol. The van der Waals surface area contributed by atoms with Gasteiger partial charge in [0.25, 0.3) is 5.91 Å². The molecule has 0 bridgehead atoms. The van der Waals surface area contributed by atoms with Crippen LogP contribution in [0.15, 0.2) is 48.6 Å². The normalized spacial score (nSPS) is 23.0. The van der Waals surface area contributed by atoms with E-state index in [0.29, 0.717) is 48.6 Å². The lowest BCUT2D eigenvalue weighted by Crippen LogP contribution is -2.35. The van der Waals surface area contributed by atoms with Crippen LogP contribution in [0.3, 0.4) is 0 Å². The number of aromatic nitrogens is 1. The molecule has 1 aromatic carbocycles. The zero-order valence-electron chi connectivity index (χ0n) is 16.1. The fraction of sp³-hybridized carbons (Fsp3) is 0.364. The molecule has 4 nitrogen and oxygen atoms in total. The minimum atomic E-state index is -4.50. The summed E-state index contributed by atoms with van der Waals surface area (Å²) in [7, 11) is 0. The maximum atomic E-state index is 12.9. The van der Waals surface area contributed by atoms with Gasteiger partial charge in [-0.3, -0.25) is 4.79 Å². The van der Waals surface area contributed by atoms with Crippen LogP contribution >= 0.6 is 11.6 Å². The van der Waals surface area contributed by atoms with Crippen molar-refractivity contribution in [1.82, 2.24) is 4.98 Å².